The van der Waals surface area contributed by atoms with E-state index in [2.05, 4.69) is 9.97 Å². The van der Waals surface area contributed by atoms with Gasteiger partial charge in [0.2, 0.25) is 0 Å². The van der Waals surface area contributed by atoms with Gasteiger partial charge in [-0.25, -0.2) is 0 Å². The molecule has 1 aliphatic heterocycles. The van der Waals surface area contributed by atoms with Crippen LogP contribution >= 0.6 is 0 Å². The Morgan fingerprint density at radius 2 is 2.11 bits per heavy atom. The number of aliphatic hydroxyl groups is 1. The van der Waals surface area contributed by atoms with Crippen LogP contribution in [-0.2, 0) is 9.47 Å². The number of likely N-dealkylation sites (tertiary alicyclic amines) is 1. The maximum atomic E-state index is 13.3. The van der Waals surface area contributed by atoms with Crippen molar-refractivity contribution in [2.45, 2.75) is 43.4 Å². The third-order valence-corrected chi connectivity index (χ3v) is 5.96. The van der Waals surface area contributed by atoms with Crippen LogP contribution in [0.1, 0.15) is 36.0 Å². The van der Waals surface area contributed by atoms with Crippen LogP contribution in [0, 0.1) is 0 Å². The Labute approximate surface area is 158 Å². The monoisotopic (exact) mass is 371 g/mol. The molecule has 1 aromatic carbocycles. The Morgan fingerprint density at radius 3 is 2.89 bits per heavy atom. The first-order valence-corrected chi connectivity index (χ1v) is 9.46. The molecule has 1 saturated heterocycles. The molecule has 7 nitrogen and oxygen atoms in total. The molecule has 2 heterocycles. The van der Waals surface area contributed by atoms with Crippen LogP contribution in [0.4, 0.5) is 0 Å². The summed E-state index contributed by atoms with van der Waals surface area (Å²) in [6, 6.07) is 5.43. The zero-order valence-electron chi connectivity index (χ0n) is 15.5. The number of carbonyl (C=O) groups excluding carboxylic acids is 1. The van der Waals surface area contributed by atoms with Crippen LogP contribution < -0.4 is 0 Å². The van der Waals surface area contributed by atoms with E-state index in [0.717, 1.165) is 31.2 Å². The average Bonchev–Trinajstić information content (AvgIpc) is 3.10. The minimum atomic E-state index is -0.300. The van der Waals surface area contributed by atoms with Crippen LogP contribution in [-0.4, -0.2) is 70.5 Å². The lowest BCUT2D eigenvalue weighted by Gasteiger charge is -2.43. The van der Waals surface area contributed by atoms with Gasteiger partial charge in [0.1, 0.15) is 0 Å². The predicted octanol–water partition coefficient (Wildman–Crippen LogP) is 1.79. The molecule has 1 aliphatic carbocycles. The normalized spacial score (nSPS) is 27.7. The number of amides is 1. The lowest BCUT2D eigenvalue weighted by atomic mass is 9.79. The number of ether oxygens (including phenoxy) is 2. The van der Waals surface area contributed by atoms with Crippen molar-refractivity contribution in [3.05, 3.63) is 36.2 Å². The molecule has 3 atom stereocenters. The van der Waals surface area contributed by atoms with E-state index < -0.39 is 0 Å². The predicted molar refractivity (Wildman–Crippen MR) is 99.4 cm³/mol. The van der Waals surface area contributed by atoms with E-state index in [0.29, 0.717) is 24.2 Å². The van der Waals surface area contributed by atoms with Gasteiger partial charge in [-0.05, 0) is 43.9 Å². The molecule has 2 aromatic rings. The number of rotatable bonds is 5. The van der Waals surface area contributed by atoms with E-state index in [1.807, 2.05) is 17.0 Å². The Kier molecular flexibility index (Phi) is 5.08. The van der Waals surface area contributed by atoms with Gasteiger partial charge < -0.3 is 19.5 Å². The number of aliphatic hydroxyl groups excluding tert-OH is 1. The fourth-order valence-electron chi connectivity index (χ4n) is 4.54. The van der Waals surface area contributed by atoms with Crippen molar-refractivity contribution in [2.75, 3.05) is 26.9 Å². The average molecular weight is 371 g/mol. The number of fused-ring (bicyclic) bond motifs is 2. The molecule has 1 aromatic heterocycles. The Balaban J connectivity index is 1.58. The fraction of sp³-hybridized carbons (Fsp3) is 0.550. The van der Waals surface area contributed by atoms with Crippen molar-refractivity contribution in [2.24, 2.45) is 0 Å². The summed E-state index contributed by atoms with van der Waals surface area (Å²) in [6.07, 6.45) is 6.63. The van der Waals surface area contributed by atoms with Gasteiger partial charge in [0, 0.05) is 31.6 Å². The van der Waals surface area contributed by atoms with Crippen LogP contribution in [0.2, 0.25) is 0 Å². The molecular formula is C20H25N3O4. The van der Waals surface area contributed by atoms with Crippen LogP contribution in [0.5, 0.6) is 0 Å². The third kappa shape index (κ3) is 3.31. The van der Waals surface area contributed by atoms with E-state index in [4.69, 9.17) is 14.6 Å². The molecule has 144 valence electrons. The molecule has 0 bridgehead atoms. The number of nitrogens with zero attached hydrogens (tertiary/aromatic N) is 3. The van der Waals surface area contributed by atoms with Gasteiger partial charge in [-0.15, -0.1) is 0 Å². The standard InChI is InChI=1S/C20H25N3O4/c1-26-20-5-4-15(27-11-10-24)13-18(20)23(9-6-20)19(25)14-2-3-16-17(12-14)22-8-7-21-16/h2-3,7-8,12,15,18,24H,4-6,9-11,13H2,1H3. The lowest BCUT2D eigenvalue weighted by Crippen LogP contribution is -2.53. The first-order chi connectivity index (χ1) is 13.2. The molecule has 4 rings (SSSR count). The Bertz CT molecular complexity index is 830. The second kappa shape index (κ2) is 7.50. The molecule has 1 N–H and O–H groups in total. The highest BCUT2D eigenvalue weighted by molar-refractivity contribution is 5.97. The number of hydrogen-bond acceptors (Lipinski definition) is 6. The van der Waals surface area contributed by atoms with Crippen molar-refractivity contribution in [1.82, 2.24) is 14.9 Å². The first-order valence-electron chi connectivity index (χ1n) is 9.46. The molecule has 2 aliphatic rings. The SMILES string of the molecule is COC12CCC(OCCO)CC1N(C(=O)c1ccc3nccnc3c1)CC2. The maximum absolute atomic E-state index is 13.3. The van der Waals surface area contributed by atoms with Crippen molar-refractivity contribution in [3.63, 3.8) is 0 Å². The quantitative estimate of drug-likeness (QED) is 0.863. The minimum Gasteiger partial charge on any atom is -0.394 e. The zero-order chi connectivity index (χ0) is 18.9. The summed E-state index contributed by atoms with van der Waals surface area (Å²) >= 11 is 0. The van der Waals surface area contributed by atoms with E-state index in [1.165, 1.54) is 0 Å². The molecule has 1 amide bonds. The van der Waals surface area contributed by atoms with Gasteiger partial charge in [0.15, 0.2) is 0 Å². The Morgan fingerprint density at radius 1 is 1.30 bits per heavy atom. The first kappa shape index (κ1) is 18.3. The third-order valence-electron chi connectivity index (χ3n) is 5.96. The van der Waals surface area contributed by atoms with E-state index in [1.54, 1.807) is 25.6 Å². The lowest BCUT2D eigenvalue weighted by molar-refractivity contribution is -0.0992. The molecule has 27 heavy (non-hydrogen) atoms. The summed E-state index contributed by atoms with van der Waals surface area (Å²) in [5, 5.41) is 9.03. The highest BCUT2D eigenvalue weighted by Crippen LogP contribution is 2.43. The number of carbonyl (C=O) groups is 1. The summed E-state index contributed by atoms with van der Waals surface area (Å²) < 4.78 is 11.7. The molecular weight excluding hydrogens is 346 g/mol. The topological polar surface area (TPSA) is 84.8 Å². The number of methoxy groups -OCH3 is 1. The highest BCUT2D eigenvalue weighted by atomic mass is 16.5. The summed E-state index contributed by atoms with van der Waals surface area (Å²) in [5.74, 6) is -0.00529. The number of benzene rings is 1. The second-order valence-corrected chi connectivity index (χ2v) is 7.28. The van der Waals surface area contributed by atoms with Crippen molar-refractivity contribution >= 4 is 16.9 Å². The summed E-state index contributed by atoms with van der Waals surface area (Å²) in [7, 11) is 1.74. The van der Waals surface area contributed by atoms with Crippen LogP contribution in [0.25, 0.3) is 11.0 Å². The van der Waals surface area contributed by atoms with Crippen LogP contribution in [0.3, 0.4) is 0 Å². The largest absolute Gasteiger partial charge is 0.394 e. The highest BCUT2D eigenvalue weighted by Gasteiger charge is 2.52. The number of aromatic nitrogens is 2. The summed E-state index contributed by atoms with van der Waals surface area (Å²) in [6.45, 7) is 1.01. The van der Waals surface area contributed by atoms with Gasteiger partial charge in [-0.3, -0.25) is 14.8 Å². The molecule has 0 radical (unpaired) electrons. The molecule has 3 unspecified atom stereocenters. The van der Waals surface area contributed by atoms with Gasteiger partial charge >= 0.3 is 0 Å². The Hall–Kier alpha value is -2.09. The fourth-order valence-corrected chi connectivity index (χ4v) is 4.54. The van der Waals surface area contributed by atoms with Crippen molar-refractivity contribution < 1.29 is 19.4 Å². The number of hydrogen-bond donors (Lipinski definition) is 1. The zero-order valence-corrected chi connectivity index (χ0v) is 15.5. The second-order valence-electron chi connectivity index (χ2n) is 7.28. The van der Waals surface area contributed by atoms with Gasteiger partial charge in [0.25, 0.3) is 5.91 Å². The van der Waals surface area contributed by atoms with Crippen molar-refractivity contribution in [3.8, 4) is 0 Å². The summed E-state index contributed by atoms with van der Waals surface area (Å²) in [5.41, 5.74) is 1.81. The smallest absolute Gasteiger partial charge is 0.254 e. The van der Waals surface area contributed by atoms with Gasteiger partial charge in [0.05, 0.1) is 42.0 Å². The van der Waals surface area contributed by atoms with E-state index >= 15 is 0 Å². The minimum absolute atomic E-state index is 0.00529. The molecule has 1 saturated carbocycles. The summed E-state index contributed by atoms with van der Waals surface area (Å²) in [4.78, 5) is 23.8. The van der Waals surface area contributed by atoms with Gasteiger partial charge in [-0.1, -0.05) is 0 Å². The molecule has 7 heteroatoms. The van der Waals surface area contributed by atoms with Gasteiger partial charge in [-0.2, -0.15) is 0 Å². The maximum Gasteiger partial charge on any atom is 0.254 e. The molecule has 2 fully saturated rings. The molecule has 0 spiro atoms. The van der Waals surface area contributed by atoms with E-state index in [-0.39, 0.29) is 30.3 Å². The van der Waals surface area contributed by atoms with Crippen molar-refractivity contribution in [1.29, 1.82) is 0 Å². The van der Waals surface area contributed by atoms with E-state index in [9.17, 15) is 4.79 Å². The van der Waals surface area contributed by atoms with Crippen LogP contribution in [0.15, 0.2) is 30.6 Å².